The lowest BCUT2D eigenvalue weighted by Gasteiger charge is -2.19. The standard InChI is InChI=1S/C21H27NO4/c1-13-7-8-14(2)18(9-13)26-12-21(23)22-16(4)17-11-20(25-6)19(24-5)10-15(17)3/h7-11,16H,12H2,1-6H3,(H,22,23). The molecule has 0 saturated carbocycles. The van der Waals surface area contributed by atoms with Gasteiger partial charge >= 0.3 is 0 Å². The Balaban J connectivity index is 2.04. The number of carbonyl (C=O) groups excluding carboxylic acids is 1. The number of methoxy groups -OCH3 is 2. The maximum Gasteiger partial charge on any atom is 0.258 e. The van der Waals surface area contributed by atoms with E-state index in [1.54, 1.807) is 14.2 Å². The van der Waals surface area contributed by atoms with Crippen molar-refractivity contribution in [2.45, 2.75) is 33.7 Å². The van der Waals surface area contributed by atoms with Crippen LogP contribution < -0.4 is 19.5 Å². The smallest absolute Gasteiger partial charge is 0.258 e. The van der Waals surface area contributed by atoms with Gasteiger partial charge in [0.1, 0.15) is 5.75 Å². The second-order valence-corrected chi connectivity index (χ2v) is 6.41. The summed E-state index contributed by atoms with van der Waals surface area (Å²) in [6.07, 6.45) is 0. The quantitative estimate of drug-likeness (QED) is 0.817. The van der Waals surface area contributed by atoms with Gasteiger partial charge in [-0.05, 0) is 68.1 Å². The molecule has 1 unspecified atom stereocenters. The fourth-order valence-corrected chi connectivity index (χ4v) is 2.83. The van der Waals surface area contributed by atoms with E-state index >= 15 is 0 Å². The fourth-order valence-electron chi connectivity index (χ4n) is 2.83. The maximum atomic E-state index is 12.3. The predicted molar refractivity (Wildman–Crippen MR) is 102 cm³/mol. The van der Waals surface area contributed by atoms with Crippen LogP contribution in [0.4, 0.5) is 0 Å². The predicted octanol–water partition coefficient (Wildman–Crippen LogP) is 3.89. The van der Waals surface area contributed by atoms with Crippen molar-refractivity contribution in [1.29, 1.82) is 0 Å². The summed E-state index contributed by atoms with van der Waals surface area (Å²) in [5.41, 5.74) is 4.10. The Bertz CT molecular complexity index is 786. The van der Waals surface area contributed by atoms with Gasteiger partial charge in [-0.3, -0.25) is 4.79 Å². The Labute approximate surface area is 155 Å². The molecule has 0 radical (unpaired) electrons. The molecule has 1 amide bonds. The molecule has 0 aliphatic carbocycles. The zero-order chi connectivity index (χ0) is 19.3. The van der Waals surface area contributed by atoms with Gasteiger partial charge in [0.05, 0.1) is 20.3 Å². The lowest BCUT2D eigenvalue weighted by molar-refractivity contribution is -0.123. The lowest BCUT2D eigenvalue weighted by Crippen LogP contribution is -2.31. The summed E-state index contributed by atoms with van der Waals surface area (Å²) < 4.78 is 16.3. The van der Waals surface area contributed by atoms with Gasteiger partial charge in [-0.15, -0.1) is 0 Å². The molecule has 0 spiro atoms. The van der Waals surface area contributed by atoms with Crippen molar-refractivity contribution in [1.82, 2.24) is 5.32 Å². The van der Waals surface area contributed by atoms with Crippen LogP contribution in [-0.4, -0.2) is 26.7 Å². The van der Waals surface area contributed by atoms with Crippen LogP contribution in [-0.2, 0) is 4.79 Å². The van der Waals surface area contributed by atoms with E-state index in [9.17, 15) is 4.79 Å². The minimum absolute atomic E-state index is 0.0268. The van der Waals surface area contributed by atoms with Crippen LogP contribution in [0.3, 0.4) is 0 Å². The number of benzene rings is 2. The second kappa shape index (κ2) is 8.61. The third-order valence-electron chi connectivity index (χ3n) is 4.32. The molecule has 2 aromatic rings. The first-order valence-electron chi connectivity index (χ1n) is 8.57. The van der Waals surface area contributed by atoms with E-state index in [1.165, 1.54) is 0 Å². The number of hydrogen-bond acceptors (Lipinski definition) is 4. The third-order valence-corrected chi connectivity index (χ3v) is 4.32. The fraction of sp³-hybridized carbons (Fsp3) is 0.381. The topological polar surface area (TPSA) is 56.8 Å². The van der Waals surface area contributed by atoms with Gasteiger partial charge in [0, 0.05) is 0 Å². The summed E-state index contributed by atoms with van der Waals surface area (Å²) in [6, 6.07) is 9.56. The molecule has 0 aliphatic rings. The monoisotopic (exact) mass is 357 g/mol. The summed E-state index contributed by atoms with van der Waals surface area (Å²) >= 11 is 0. The zero-order valence-electron chi connectivity index (χ0n) is 16.3. The van der Waals surface area contributed by atoms with Crippen LogP contribution in [0, 0.1) is 20.8 Å². The molecule has 0 bridgehead atoms. The Hall–Kier alpha value is -2.69. The number of nitrogens with one attached hydrogen (secondary N) is 1. The van der Waals surface area contributed by atoms with E-state index in [-0.39, 0.29) is 18.6 Å². The molecule has 2 aromatic carbocycles. The van der Waals surface area contributed by atoms with Gasteiger partial charge in [-0.25, -0.2) is 0 Å². The zero-order valence-corrected chi connectivity index (χ0v) is 16.3. The van der Waals surface area contributed by atoms with E-state index in [0.29, 0.717) is 11.5 Å². The Morgan fingerprint density at radius 3 is 2.27 bits per heavy atom. The molecule has 5 nitrogen and oxygen atoms in total. The molecule has 140 valence electrons. The summed E-state index contributed by atoms with van der Waals surface area (Å²) in [4.78, 5) is 12.3. The first-order chi connectivity index (χ1) is 12.3. The third kappa shape index (κ3) is 4.69. The van der Waals surface area contributed by atoms with Crippen LogP contribution in [0.25, 0.3) is 0 Å². The average molecular weight is 357 g/mol. The Morgan fingerprint density at radius 1 is 0.962 bits per heavy atom. The molecule has 0 fully saturated rings. The van der Waals surface area contributed by atoms with Crippen LogP contribution in [0.15, 0.2) is 30.3 Å². The van der Waals surface area contributed by atoms with E-state index in [1.807, 2.05) is 58.0 Å². The molecule has 1 N–H and O–H groups in total. The minimum Gasteiger partial charge on any atom is -0.493 e. The van der Waals surface area contributed by atoms with Crippen LogP contribution in [0.2, 0.25) is 0 Å². The van der Waals surface area contributed by atoms with Gasteiger partial charge < -0.3 is 19.5 Å². The molecule has 1 atom stereocenters. The number of ether oxygens (including phenoxy) is 3. The number of aryl methyl sites for hydroxylation is 3. The minimum atomic E-state index is -0.176. The van der Waals surface area contributed by atoms with Crippen molar-refractivity contribution >= 4 is 5.91 Å². The van der Waals surface area contributed by atoms with Crippen molar-refractivity contribution in [3.8, 4) is 17.2 Å². The van der Waals surface area contributed by atoms with Crippen molar-refractivity contribution < 1.29 is 19.0 Å². The number of rotatable bonds is 7. The highest BCUT2D eigenvalue weighted by atomic mass is 16.5. The summed E-state index contributed by atoms with van der Waals surface area (Å²) in [6.45, 7) is 7.84. The Kier molecular flexibility index (Phi) is 6.50. The average Bonchev–Trinajstić information content (AvgIpc) is 2.61. The van der Waals surface area contributed by atoms with Crippen LogP contribution in [0.5, 0.6) is 17.2 Å². The Morgan fingerprint density at radius 2 is 1.62 bits per heavy atom. The molecule has 26 heavy (non-hydrogen) atoms. The molecular weight excluding hydrogens is 330 g/mol. The highest BCUT2D eigenvalue weighted by Crippen LogP contribution is 2.32. The summed E-state index contributed by atoms with van der Waals surface area (Å²) in [5.74, 6) is 1.87. The van der Waals surface area contributed by atoms with Crippen molar-refractivity contribution in [2.75, 3.05) is 20.8 Å². The van der Waals surface area contributed by atoms with E-state index in [0.717, 1.165) is 28.0 Å². The second-order valence-electron chi connectivity index (χ2n) is 6.41. The van der Waals surface area contributed by atoms with Crippen molar-refractivity contribution in [3.05, 3.63) is 52.6 Å². The van der Waals surface area contributed by atoms with E-state index < -0.39 is 0 Å². The van der Waals surface area contributed by atoms with Gasteiger partial charge in [0.15, 0.2) is 18.1 Å². The van der Waals surface area contributed by atoms with E-state index in [2.05, 4.69) is 5.32 Å². The first-order valence-corrected chi connectivity index (χ1v) is 8.57. The SMILES string of the molecule is COc1cc(C)c(C(C)NC(=O)COc2cc(C)ccc2C)cc1OC. The largest absolute Gasteiger partial charge is 0.493 e. The maximum absolute atomic E-state index is 12.3. The van der Waals surface area contributed by atoms with Gasteiger partial charge in [-0.2, -0.15) is 0 Å². The van der Waals surface area contributed by atoms with E-state index in [4.69, 9.17) is 14.2 Å². The van der Waals surface area contributed by atoms with Gasteiger partial charge in [-0.1, -0.05) is 12.1 Å². The number of carbonyl (C=O) groups is 1. The van der Waals surface area contributed by atoms with Crippen LogP contribution in [0.1, 0.15) is 35.2 Å². The normalized spacial score (nSPS) is 11.6. The summed E-state index contributed by atoms with van der Waals surface area (Å²) in [7, 11) is 3.20. The van der Waals surface area contributed by atoms with Crippen molar-refractivity contribution in [2.24, 2.45) is 0 Å². The summed E-state index contributed by atoms with van der Waals surface area (Å²) in [5, 5.41) is 2.97. The van der Waals surface area contributed by atoms with Crippen LogP contribution >= 0.6 is 0 Å². The first kappa shape index (κ1) is 19.6. The molecule has 0 aliphatic heterocycles. The van der Waals surface area contributed by atoms with Gasteiger partial charge in [0.25, 0.3) is 5.91 Å². The molecule has 0 saturated heterocycles. The molecule has 0 heterocycles. The van der Waals surface area contributed by atoms with Crippen molar-refractivity contribution in [3.63, 3.8) is 0 Å². The molecule has 0 aromatic heterocycles. The highest BCUT2D eigenvalue weighted by molar-refractivity contribution is 5.78. The number of amides is 1. The van der Waals surface area contributed by atoms with Gasteiger partial charge in [0.2, 0.25) is 0 Å². The molecule has 5 heteroatoms. The molecular formula is C21H27NO4. The highest BCUT2D eigenvalue weighted by Gasteiger charge is 2.16. The lowest BCUT2D eigenvalue weighted by atomic mass is 10.0. The molecule has 2 rings (SSSR count). The number of hydrogen-bond donors (Lipinski definition) is 1.